The highest BCUT2D eigenvalue weighted by molar-refractivity contribution is 5.76. The van der Waals surface area contributed by atoms with E-state index in [2.05, 4.69) is 17.1 Å². The Labute approximate surface area is 114 Å². The van der Waals surface area contributed by atoms with Crippen molar-refractivity contribution in [2.45, 2.75) is 52.0 Å². The van der Waals surface area contributed by atoms with Crippen LogP contribution < -0.4 is 5.73 Å². The summed E-state index contributed by atoms with van der Waals surface area (Å²) in [5.74, 6) is 1.47. The maximum Gasteiger partial charge on any atom is 0.226 e. The van der Waals surface area contributed by atoms with Gasteiger partial charge >= 0.3 is 0 Å². The molecule has 2 N–H and O–H groups in total. The van der Waals surface area contributed by atoms with Crippen LogP contribution in [0.15, 0.2) is 4.52 Å². The Hall–Kier alpha value is -1.43. The Kier molecular flexibility index (Phi) is 6.49. The van der Waals surface area contributed by atoms with Crippen LogP contribution >= 0.6 is 0 Å². The summed E-state index contributed by atoms with van der Waals surface area (Å²) < 4.78 is 5.12. The predicted molar refractivity (Wildman–Crippen MR) is 72.5 cm³/mol. The highest BCUT2D eigenvalue weighted by Gasteiger charge is 2.14. The van der Waals surface area contributed by atoms with E-state index in [9.17, 15) is 4.79 Å². The standard InChI is InChI=1S/C13H24N4O2/c1-4-6-11-15-12(19-16-11)7-5-8-13(18)17(3)10(2)9-14/h10H,4-9,14H2,1-3H3. The summed E-state index contributed by atoms with van der Waals surface area (Å²) in [6.45, 7) is 4.49. The molecule has 19 heavy (non-hydrogen) atoms. The molecule has 1 unspecified atom stereocenters. The normalized spacial score (nSPS) is 12.4. The lowest BCUT2D eigenvalue weighted by molar-refractivity contribution is -0.131. The summed E-state index contributed by atoms with van der Waals surface area (Å²) in [6, 6.07) is 0.0760. The molecular weight excluding hydrogens is 244 g/mol. The largest absolute Gasteiger partial charge is 0.342 e. The molecule has 0 aliphatic carbocycles. The van der Waals surface area contributed by atoms with Gasteiger partial charge in [-0.2, -0.15) is 4.98 Å². The molecule has 0 saturated carbocycles. The highest BCUT2D eigenvalue weighted by Crippen LogP contribution is 2.07. The Bertz CT molecular complexity index is 392. The second kappa shape index (κ2) is 7.89. The van der Waals surface area contributed by atoms with Crippen LogP contribution in [0.2, 0.25) is 0 Å². The van der Waals surface area contributed by atoms with E-state index in [1.807, 2.05) is 6.92 Å². The van der Waals surface area contributed by atoms with E-state index in [0.29, 0.717) is 31.7 Å². The first-order chi connectivity index (χ1) is 9.08. The quantitative estimate of drug-likeness (QED) is 0.764. The molecule has 1 atom stereocenters. The van der Waals surface area contributed by atoms with E-state index in [-0.39, 0.29) is 11.9 Å². The smallest absolute Gasteiger partial charge is 0.226 e. The van der Waals surface area contributed by atoms with Crippen molar-refractivity contribution >= 4 is 5.91 Å². The van der Waals surface area contributed by atoms with Crippen molar-refractivity contribution in [3.8, 4) is 0 Å². The number of hydrogen-bond acceptors (Lipinski definition) is 5. The molecule has 0 aliphatic rings. The van der Waals surface area contributed by atoms with Crippen LogP contribution in [-0.4, -0.2) is 40.6 Å². The summed E-state index contributed by atoms with van der Waals surface area (Å²) in [4.78, 5) is 17.8. The van der Waals surface area contributed by atoms with Gasteiger partial charge in [0.2, 0.25) is 11.8 Å². The zero-order valence-electron chi connectivity index (χ0n) is 12.1. The number of likely N-dealkylation sites (N-methyl/N-ethyl adjacent to an activating group) is 1. The van der Waals surface area contributed by atoms with Gasteiger partial charge in [-0.25, -0.2) is 0 Å². The molecule has 0 aliphatic heterocycles. The van der Waals surface area contributed by atoms with Crippen molar-refractivity contribution in [2.75, 3.05) is 13.6 Å². The monoisotopic (exact) mass is 268 g/mol. The van der Waals surface area contributed by atoms with E-state index in [4.69, 9.17) is 10.3 Å². The van der Waals surface area contributed by atoms with Crippen LogP contribution in [0.4, 0.5) is 0 Å². The molecule has 1 heterocycles. The second-order valence-electron chi connectivity index (χ2n) is 4.80. The lowest BCUT2D eigenvalue weighted by atomic mass is 10.2. The Morgan fingerprint density at radius 3 is 2.84 bits per heavy atom. The number of carbonyl (C=O) groups excluding carboxylic acids is 1. The third-order valence-electron chi connectivity index (χ3n) is 3.16. The van der Waals surface area contributed by atoms with Gasteiger partial charge in [0.25, 0.3) is 0 Å². The SMILES string of the molecule is CCCc1noc(CCCC(=O)N(C)C(C)CN)n1. The van der Waals surface area contributed by atoms with Crippen molar-refractivity contribution < 1.29 is 9.32 Å². The first-order valence-corrected chi connectivity index (χ1v) is 6.85. The summed E-state index contributed by atoms with van der Waals surface area (Å²) in [7, 11) is 1.78. The van der Waals surface area contributed by atoms with E-state index in [1.54, 1.807) is 11.9 Å². The van der Waals surface area contributed by atoms with Crippen molar-refractivity contribution in [1.29, 1.82) is 0 Å². The summed E-state index contributed by atoms with van der Waals surface area (Å²) in [5.41, 5.74) is 5.53. The molecule has 1 aromatic rings. The molecule has 1 aromatic heterocycles. The molecule has 0 bridgehead atoms. The average Bonchev–Trinajstić information content (AvgIpc) is 2.85. The maximum atomic E-state index is 11.8. The summed E-state index contributed by atoms with van der Waals surface area (Å²) in [5, 5.41) is 3.88. The number of nitrogens with zero attached hydrogens (tertiary/aromatic N) is 3. The number of aryl methyl sites for hydroxylation is 2. The topological polar surface area (TPSA) is 85.2 Å². The fourth-order valence-corrected chi connectivity index (χ4v) is 1.69. The van der Waals surface area contributed by atoms with Crippen LogP contribution in [-0.2, 0) is 17.6 Å². The predicted octanol–water partition coefficient (Wildman–Crippen LogP) is 1.15. The van der Waals surface area contributed by atoms with E-state index in [0.717, 1.165) is 18.7 Å². The fourth-order valence-electron chi connectivity index (χ4n) is 1.69. The Morgan fingerprint density at radius 1 is 1.47 bits per heavy atom. The van der Waals surface area contributed by atoms with Gasteiger partial charge in [-0.15, -0.1) is 0 Å². The molecule has 0 saturated heterocycles. The highest BCUT2D eigenvalue weighted by atomic mass is 16.5. The van der Waals surface area contributed by atoms with Gasteiger partial charge in [0.05, 0.1) is 0 Å². The first-order valence-electron chi connectivity index (χ1n) is 6.85. The fraction of sp³-hybridized carbons (Fsp3) is 0.769. The van der Waals surface area contributed by atoms with E-state index >= 15 is 0 Å². The van der Waals surface area contributed by atoms with Gasteiger partial charge in [-0.3, -0.25) is 4.79 Å². The number of hydrogen-bond donors (Lipinski definition) is 1. The molecule has 0 fully saturated rings. The van der Waals surface area contributed by atoms with Gasteiger partial charge < -0.3 is 15.2 Å². The van der Waals surface area contributed by atoms with Crippen molar-refractivity contribution in [2.24, 2.45) is 5.73 Å². The number of nitrogens with two attached hydrogens (primary N) is 1. The number of carbonyl (C=O) groups is 1. The minimum atomic E-state index is 0.0760. The van der Waals surface area contributed by atoms with Crippen molar-refractivity contribution in [1.82, 2.24) is 15.0 Å². The van der Waals surface area contributed by atoms with Gasteiger partial charge in [0.1, 0.15) is 0 Å². The van der Waals surface area contributed by atoms with Gasteiger partial charge in [0.15, 0.2) is 5.82 Å². The van der Waals surface area contributed by atoms with E-state index in [1.165, 1.54) is 0 Å². The van der Waals surface area contributed by atoms with Gasteiger partial charge in [-0.05, 0) is 19.8 Å². The molecule has 0 spiro atoms. The van der Waals surface area contributed by atoms with Crippen LogP contribution in [0.5, 0.6) is 0 Å². The lowest BCUT2D eigenvalue weighted by Gasteiger charge is -2.23. The number of rotatable bonds is 8. The molecule has 6 heteroatoms. The first kappa shape index (κ1) is 15.6. The molecule has 108 valence electrons. The third-order valence-corrected chi connectivity index (χ3v) is 3.16. The minimum Gasteiger partial charge on any atom is -0.342 e. The molecule has 6 nitrogen and oxygen atoms in total. The molecule has 0 aromatic carbocycles. The van der Waals surface area contributed by atoms with Crippen molar-refractivity contribution in [3.05, 3.63) is 11.7 Å². The molecule has 0 radical (unpaired) electrons. The Morgan fingerprint density at radius 2 is 2.21 bits per heavy atom. The maximum absolute atomic E-state index is 11.8. The average molecular weight is 268 g/mol. The summed E-state index contributed by atoms with van der Waals surface area (Å²) in [6.07, 6.45) is 3.67. The number of amides is 1. The molecular formula is C13H24N4O2. The molecule has 1 amide bonds. The third kappa shape index (κ3) is 4.98. The van der Waals surface area contributed by atoms with Crippen LogP contribution in [0.1, 0.15) is 44.8 Å². The van der Waals surface area contributed by atoms with Gasteiger partial charge in [-0.1, -0.05) is 12.1 Å². The second-order valence-corrected chi connectivity index (χ2v) is 4.80. The number of aromatic nitrogens is 2. The minimum absolute atomic E-state index is 0.0760. The lowest BCUT2D eigenvalue weighted by Crippen LogP contribution is -2.39. The van der Waals surface area contributed by atoms with E-state index < -0.39 is 0 Å². The van der Waals surface area contributed by atoms with Crippen LogP contribution in [0, 0.1) is 0 Å². The zero-order chi connectivity index (χ0) is 14.3. The van der Waals surface area contributed by atoms with Crippen LogP contribution in [0.3, 0.4) is 0 Å². The molecule has 1 rings (SSSR count). The zero-order valence-corrected chi connectivity index (χ0v) is 12.1. The van der Waals surface area contributed by atoms with Crippen molar-refractivity contribution in [3.63, 3.8) is 0 Å². The van der Waals surface area contributed by atoms with Gasteiger partial charge in [0, 0.05) is 38.9 Å². The Balaban J connectivity index is 2.31. The summed E-state index contributed by atoms with van der Waals surface area (Å²) >= 11 is 0. The van der Waals surface area contributed by atoms with Crippen LogP contribution in [0.25, 0.3) is 0 Å².